The second-order valence-corrected chi connectivity index (χ2v) is 8.26. The molecule has 1 atom stereocenters. The SMILES string of the molecule is CC.CC.O=C(NCC1CN(c2ccc(N3CCOCC3=O)cc2)C(=O)O1)c1ccc(Cl)s1. The maximum absolute atomic E-state index is 12.2. The first-order chi connectivity index (χ1) is 16.0. The van der Waals surface area contributed by atoms with Crippen molar-refractivity contribution in [3.05, 3.63) is 45.6 Å². The molecule has 0 aliphatic carbocycles. The molecule has 2 aliphatic rings. The van der Waals surface area contributed by atoms with E-state index in [-0.39, 0.29) is 25.0 Å². The Morgan fingerprint density at radius 1 is 1.06 bits per heavy atom. The summed E-state index contributed by atoms with van der Waals surface area (Å²) in [7, 11) is 0. The van der Waals surface area contributed by atoms with Gasteiger partial charge < -0.3 is 19.7 Å². The predicted octanol–water partition coefficient (Wildman–Crippen LogP) is 4.57. The van der Waals surface area contributed by atoms with Crippen molar-refractivity contribution in [1.29, 1.82) is 0 Å². The second-order valence-electron chi connectivity index (χ2n) is 6.54. The van der Waals surface area contributed by atoms with Crippen LogP contribution in [0.5, 0.6) is 0 Å². The van der Waals surface area contributed by atoms with Gasteiger partial charge in [0.05, 0.1) is 28.9 Å². The predicted molar refractivity (Wildman–Crippen MR) is 132 cm³/mol. The van der Waals surface area contributed by atoms with Gasteiger partial charge in [-0.05, 0) is 36.4 Å². The number of carbonyl (C=O) groups excluding carboxylic acids is 3. The van der Waals surface area contributed by atoms with Crippen LogP contribution in [0.2, 0.25) is 4.34 Å². The van der Waals surface area contributed by atoms with Crippen molar-refractivity contribution in [3.63, 3.8) is 0 Å². The van der Waals surface area contributed by atoms with E-state index in [2.05, 4.69) is 5.32 Å². The highest BCUT2D eigenvalue weighted by molar-refractivity contribution is 7.18. The molecule has 0 radical (unpaired) electrons. The average Bonchev–Trinajstić information content (AvgIpc) is 3.46. The molecule has 180 valence electrons. The molecule has 2 aliphatic heterocycles. The minimum atomic E-state index is -0.474. The fourth-order valence-corrected chi connectivity index (χ4v) is 4.13. The smallest absolute Gasteiger partial charge is 0.414 e. The maximum atomic E-state index is 12.2. The molecule has 4 rings (SSSR count). The molecule has 1 N–H and O–H groups in total. The fraction of sp³-hybridized carbons (Fsp3) is 0.435. The third-order valence-corrected chi connectivity index (χ3v) is 5.85. The normalized spacial score (nSPS) is 17.4. The topological polar surface area (TPSA) is 88.2 Å². The third-order valence-electron chi connectivity index (χ3n) is 4.62. The van der Waals surface area contributed by atoms with Crippen LogP contribution in [-0.4, -0.2) is 56.9 Å². The van der Waals surface area contributed by atoms with E-state index in [9.17, 15) is 14.4 Å². The molecule has 3 heterocycles. The number of rotatable bonds is 5. The zero-order valence-corrected chi connectivity index (χ0v) is 20.9. The van der Waals surface area contributed by atoms with Gasteiger partial charge in [-0.2, -0.15) is 0 Å². The minimum Gasteiger partial charge on any atom is -0.442 e. The van der Waals surface area contributed by atoms with Crippen LogP contribution in [0, 0.1) is 0 Å². The number of hydrogen-bond donors (Lipinski definition) is 1. The first-order valence-corrected chi connectivity index (χ1v) is 12.2. The molecule has 1 aromatic heterocycles. The number of nitrogens with one attached hydrogen (secondary N) is 1. The summed E-state index contributed by atoms with van der Waals surface area (Å²) in [6, 6.07) is 10.4. The Morgan fingerprint density at radius 2 is 1.70 bits per heavy atom. The maximum Gasteiger partial charge on any atom is 0.414 e. The highest BCUT2D eigenvalue weighted by atomic mass is 35.5. The molecular formula is C23H30ClN3O5S. The highest BCUT2D eigenvalue weighted by Gasteiger charge is 2.33. The van der Waals surface area contributed by atoms with Crippen LogP contribution in [0.3, 0.4) is 0 Å². The second kappa shape index (κ2) is 13.2. The molecule has 10 heteroatoms. The number of anilines is 2. The molecule has 1 aromatic carbocycles. The summed E-state index contributed by atoms with van der Waals surface area (Å²) in [5, 5.41) is 2.76. The third kappa shape index (κ3) is 6.93. The van der Waals surface area contributed by atoms with E-state index >= 15 is 0 Å². The summed E-state index contributed by atoms with van der Waals surface area (Å²) in [5.74, 6) is -0.344. The standard InChI is InChI=1S/C19H18ClN3O5S.2C2H6/c20-16-6-5-15(29-16)18(25)21-9-14-10-23(19(26)28-14)13-3-1-12(2-4-13)22-7-8-27-11-17(22)24;2*1-2/h1-6,14H,7-11H2,(H,21,25);2*1-2H3. The summed E-state index contributed by atoms with van der Waals surface area (Å²) >= 11 is 7.03. The van der Waals surface area contributed by atoms with Gasteiger partial charge in [-0.15, -0.1) is 11.3 Å². The van der Waals surface area contributed by atoms with Crippen LogP contribution < -0.4 is 15.1 Å². The number of cyclic esters (lactones) is 1. The molecular weight excluding hydrogens is 466 g/mol. The van der Waals surface area contributed by atoms with E-state index in [1.807, 2.05) is 27.7 Å². The molecule has 2 aromatic rings. The van der Waals surface area contributed by atoms with Crippen molar-refractivity contribution in [2.75, 3.05) is 42.6 Å². The first kappa shape index (κ1) is 26.6. The molecule has 8 nitrogen and oxygen atoms in total. The first-order valence-electron chi connectivity index (χ1n) is 11.0. The number of nitrogens with zero attached hydrogens (tertiary/aromatic N) is 2. The van der Waals surface area contributed by atoms with Crippen molar-refractivity contribution in [2.24, 2.45) is 0 Å². The summed E-state index contributed by atoms with van der Waals surface area (Å²) in [5.41, 5.74) is 1.42. The van der Waals surface area contributed by atoms with Crippen LogP contribution >= 0.6 is 22.9 Å². The van der Waals surface area contributed by atoms with Gasteiger partial charge in [0.25, 0.3) is 11.8 Å². The van der Waals surface area contributed by atoms with E-state index in [0.29, 0.717) is 34.6 Å². The zero-order chi connectivity index (χ0) is 24.4. The Morgan fingerprint density at radius 3 is 2.27 bits per heavy atom. The molecule has 3 amide bonds. The number of hydrogen-bond acceptors (Lipinski definition) is 6. The molecule has 0 bridgehead atoms. The van der Waals surface area contributed by atoms with Crippen molar-refractivity contribution in [1.82, 2.24) is 5.32 Å². The van der Waals surface area contributed by atoms with E-state index in [4.69, 9.17) is 21.1 Å². The lowest BCUT2D eigenvalue weighted by Crippen LogP contribution is -2.41. The van der Waals surface area contributed by atoms with Gasteiger partial charge >= 0.3 is 6.09 Å². The van der Waals surface area contributed by atoms with Crippen LogP contribution in [-0.2, 0) is 14.3 Å². The Balaban J connectivity index is 0.000000914. The van der Waals surface area contributed by atoms with Crippen molar-refractivity contribution >= 4 is 52.2 Å². The Kier molecular flexibility index (Phi) is 10.6. The van der Waals surface area contributed by atoms with Crippen LogP contribution in [0.25, 0.3) is 0 Å². The molecule has 33 heavy (non-hydrogen) atoms. The van der Waals surface area contributed by atoms with E-state index in [0.717, 1.165) is 5.69 Å². The van der Waals surface area contributed by atoms with Crippen LogP contribution in [0.1, 0.15) is 37.4 Å². The lowest BCUT2D eigenvalue weighted by atomic mass is 10.2. The quantitative estimate of drug-likeness (QED) is 0.656. The summed E-state index contributed by atoms with van der Waals surface area (Å²) in [6.07, 6.45) is -0.930. The van der Waals surface area contributed by atoms with Crippen LogP contribution in [0.15, 0.2) is 36.4 Å². The summed E-state index contributed by atoms with van der Waals surface area (Å²) in [4.78, 5) is 39.9. The van der Waals surface area contributed by atoms with Crippen molar-refractivity contribution in [3.8, 4) is 0 Å². The van der Waals surface area contributed by atoms with Crippen molar-refractivity contribution < 1.29 is 23.9 Å². The number of morpholine rings is 1. The summed E-state index contributed by atoms with van der Waals surface area (Å²) in [6.45, 7) is 9.60. The molecule has 0 saturated carbocycles. The average molecular weight is 496 g/mol. The van der Waals surface area contributed by atoms with Crippen molar-refractivity contribution in [2.45, 2.75) is 33.8 Å². The number of ether oxygens (including phenoxy) is 2. The van der Waals surface area contributed by atoms with Gasteiger partial charge in [0.1, 0.15) is 12.7 Å². The minimum absolute atomic E-state index is 0.0747. The lowest BCUT2D eigenvalue weighted by Gasteiger charge is -2.27. The fourth-order valence-electron chi connectivity index (χ4n) is 3.17. The van der Waals surface area contributed by atoms with Gasteiger partial charge in [-0.1, -0.05) is 39.3 Å². The molecule has 0 spiro atoms. The summed E-state index contributed by atoms with van der Waals surface area (Å²) < 4.78 is 11.0. The lowest BCUT2D eigenvalue weighted by molar-refractivity contribution is -0.125. The van der Waals surface area contributed by atoms with E-state index in [1.54, 1.807) is 41.3 Å². The highest BCUT2D eigenvalue weighted by Crippen LogP contribution is 2.26. The van der Waals surface area contributed by atoms with Crippen LogP contribution in [0.4, 0.5) is 16.2 Å². The molecule has 1 unspecified atom stereocenters. The number of halogens is 1. The number of thiophene rings is 1. The van der Waals surface area contributed by atoms with Gasteiger partial charge in [-0.25, -0.2) is 4.79 Å². The van der Waals surface area contributed by atoms with Gasteiger partial charge in [0.2, 0.25) is 0 Å². The molecule has 2 saturated heterocycles. The van der Waals surface area contributed by atoms with Gasteiger partial charge in [-0.3, -0.25) is 14.5 Å². The number of benzene rings is 1. The van der Waals surface area contributed by atoms with Gasteiger partial charge in [0, 0.05) is 17.9 Å². The monoisotopic (exact) mass is 495 g/mol. The number of carbonyl (C=O) groups is 3. The zero-order valence-electron chi connectivity index (χ0n) is 19.3. The van der Waals surface area contributed by atoms with E-state index < -0.39 is 12.2 Å². The van der Waals surface area contributed by atoms with E-state index in [1.165, 1.54) is 16.2 Å². The van der Waals surface area contributed by atoms with Gasteiger partial charge in [0.15, 0.2) is 0 Å². The largest absolute Gasteiger partial charge is 0.442 e. The Hall–Kier alpha value is -2.62. The Labute approximate surface area is 203 Å². The molecule has 2 fully saturated rings. The number of amides is 3. The Bertz CT molecular complexity index is 934.